The van der Waals surface area contributed by atoms with E-state index >= 15 is 0 Å². The van der Waals surface area contributed by atoms with Crippen LogP contribution < -0.4 is 9.64 Å². The molecule has 1 fully saturated rings. The molecule has 0 radical (unpaired) electrons. The monoisotopic (exact) mass is 491 g/mol. The summed E-state index contributed by atoms with van der Waals surface area (Å²) in [4.78, 5) is 27.0. The minimum atomic E-state index is -4.67. The molecule has 1 aliphatic rings. The number of methoxy groups -OCH3 is 1. The van der Waals surface area contributed by atoms with Crippen molar-refractivity contribution >= 4 is 34.7 Å². The Hall–Kier alpha value is -3.72. The van der Waals surface area contributed by atoms with Crippen LogP contribution in [0.25, 0.3) is 5.76 Å². The van der Waals surface area contributed by atoms with E-state index in [0.717, 1.165) is 23.1 Å². The Morgan fingerprint density at radius 1 is 1.15 bits per heavy atom. The number of amides is 1. The zero-order chi connectivity index (χ0) is 24.8. The molecular weight excluding hydrogens is 475 g/mol. The maximum Gasteiger partial charge on any atom is 0.416 e. The predicted octanol–water partition coefficient (Wildman–Crippen LogP) is 5.90. The second-order valence-corrected chi connectivity index (χ2v) is 7.97. The van der Waals surface area contributed by atoms with Gasteiger partial charge in [0.2, 0.25) is 0 Å². The lowest BCUT2D eigenvalue weighted by atomic mass is 9.97. The van der Waals surface area contributed by atoms with E-state index in [2.05, 4.69) is 0 Å². The summed E-state index contributed by atoms with van der Waals surface area (Å²) in [5, 5.41) is 11.4. The van der Waals surface area contributed by atoms with Gasteiger partial charge in [-0.3, -0.25) is 14.5 Å². The average Bonchev–Trinajstić information content (AvgIpc) is 3.39. The lowest BCUT2D eigenvalue weighted by Gasteiger charge is -2.24. The molecule has 2 heterocycles. The number of aliphatic hydroxyl groups excluding tert-OH is 1. The van der Waals surface area contributed by atoms with Crippen LogP contribution in [0, 0.1) is 6.92 Å². The smallest absolute Gasteiger partial charge is 0.416 e. The van der Waals surface area contributed by atoms with E-state index in [0.29, 0.717) is 5.56 Å². The van der Waals surface area contributed by atoms with Crippen molar-refractivity contribution in [3.8, 4) is 5.75 Å². The Bertz CT molecular complexity index is 1310. The van der Waals surface area contributed by atoms with E-state index in [1.54, 1.807) is 13.0 Å². The van der Waals surface area contributed by atoms with Crippen LogP contribution in [0.1, 0.15) is 28.5 Å². The van der Waals surface area contributed by atoms with Crippen LogP contribution in [-0.2, 0) is 15.8 Å². The molecule has 2 aromatic carbocycles. The van der Waals surface area contributed by atoms with Gasteiger partial charge in [0.25, 0.3) is 11.7 Å². The summed E-state index contributed by atoms with van der Waals surface area (Å²) in [6.07, 6.45) is -3.39. The molecular formula is C24H17ClF3NO5. The number of furan rings is 1. The maximum atomic E-state index is 13.3. The topological polar surface area (TPSA) is 80.0 Å². The molecule has 4 rings (SSSR count). The second kappa shape index (κ2) is 8.57. The summed E-state index contributed by atoms with van der Waals surface area (Å²) in [7, 11) is 1.32. The molecule has 1 aromatic heterocycles. The first kappa shape index (κ1) is 23.4. The normalized spacial score (nSPS) is 17.9. The van der Waals surface area contributed by atoms with Gasteiger partial charge in [-0.15, -0.1) is 0 Å². The summed E-state index contributed by atoms with van der Waals surface area (Å²) >= 11 is 6.23. The molecule has 1 unspecified atom stereocenters. The first-order valence-corrected chi connectivity index (χ1v) is 10.3. The van der Waals surface area contributed by atoms with Gasteiger partial charge in [-0.1, -0.05) is 17.7 Å². The molecule has 0 spiro atoms. The van der Waals surface area contributed by atoms with Crippen molar-refractivity contribution in [2.24, 2.45) is 0 Å². The van der Waals surface area contributed by atoms with Gasteiger partial charge >= 0.3 is 6.18 Å². The number of hydrogen-bond donors (Lipinski definition) is 1. The third kappa shape index (κ3) is 3.92. The number of aryl methyl sites for hydroxylation is 1. The standard InChI is InChI=1S/C24H17ClF3NO5/c1-12-9-15(22(33-2)16(25)10-12)20(30)18-19(17-7-4-8-34-17)29(23(32)21(18)31)14-6-3-5-13(11-14)24(26,27)28/h3-11,19,30H,1-2H3/b20-18-. The average molecular weight is 492 g/mol. The molecule has 176 valence electrons. The summed E-state index contributed by atoms with van der Waals surface area (Å²) in [5.41, 5.74) is -0.888. The van der Waals surface area contributed by atoms with Gasteiger partial charge in [0, 0.05) is 5.69 Å². The summed E-state index contributed by atoms with van der Waals surface area (Å²) < 4.78 is 50.7. The van der Waals surface area contributed by atoms with Crippen LogP contribution in [0.4, 0.5) is 18.9 Å². The molecule has 6 nitrogen and oxygen atoms in total. The van der Waals surface area contributed by atoms with E-state index in [1.807, 2.05) is 0 Å². The van der Waals surface area contributed by atoms with Gasteiger partial charge in [-0.25, -0.2) is 0 Å². The number of carbonyl (C=O) groups is 2. The zero-order valence-electron chi connectivity index (χ0n) is 17.8. The van der Waals surface area contributed by atoms with Crippen LogP contribution in [0.2, 0.25) is 5.02 Å². The Balaban J connectivity index is 1.97. The van der Waals surface area contributed by atoms with Gasteiger partial charge in [0.15, 0.2) is 0 Å². The fourth-order valence-electron chi connectivity index (χ4n) is 3.90. The molecule has 1 N–H and O–H groups in total. The van der Waals surface area contributed by atoms with Crippen molar-refractivity contribution in [3.05, 3.63) is 87.8 Å². The van der Waals surface area contributed by atoms with Crippen LogP contribution >= 0.6 is 11.6 Å². The highest BCUT2D eigenvalue weighted by Gasteiger charge is 2.49. The van der Waals surface area contributed by atoms with Gasteiger partial charge in [-0.2, -0.15) is 13.2 Å². The van der Waals surface area contributed by atoms with Crippen LogP contribution in [0.5, 0.6) is 5.75 Å². The highest BCUT2D eigenvalue weighted by molar-refractivity contribution is 6.51. The van der Waals surface area contributed by atoms with Gasteiger partial charge in [0.05, 0.1) is 35.1 Å². The third-order valence-electron chi connectivity index (χ3n) is 5.36. The number of Topliss-reactive ketones (excluding diaryl/α,β-unsaturated/α-hetero) is 1. The highest BCUT2D eigenvalue weighted by Crippen LogP contribution is 2.45. The van der Waals surface area contributed by atoms with Gasteiger partial charge in [0.1, 0.15) is 23.3 Å². The summed E-state index contributed by atoms with van der Waals surface area (Å²) in [6.45, 7) is 1.70. The molecule has 1 saturated heterocycles. The number of benzene rings is 2. The minimum Gasteiger partial charge on any atom is -0.507 e. The first-order valence-electron chi connectivity index (χ1n) is 9.90. The molecule has 1 atom stereocenters. The molecule has 10 heteroatoms. The van der Waals surface area contributed by atoms with Crippen molar-refractivity contribution in [2.45, 2.75) is 19.1 Å². The fraction of sp³-hybridized carbons (Fsp3) is 0.167. The number of ketones is 1. The number of nitrogens with zero attached hydrogens (tertiary/aromatic N) is 1. The number of hydrogen-bond acceptors (Lipinski definition) is 5. The van der Waals surface area contributed by atoms with Crippen LogP contribution in [0.3, 0.4) is 0 Å². The Kier molecular flexibility index (Phi) is 5.91. The van der Waals surface area contributed by atoms with Crippen LogP contribution in [-0.4, -0.2) is 23.9 Å². The number of ether oxygens (including phenoxy) is 1. The number of alkyl halides is 3. The van der Waals surface area contributed by atoms with Crippen molar-refractivity contribution < 1.29 is 37.0 Å². The zero-order valence-corrected chi connectivity index (χ0v) is 18.6. The minimum absolute atomic E-state index is 0.0473. The van der Waals surface area contributed by atoms with E-state index in [9.17, 15) is 27.9 Å². The van der Waals surface area contributed by atoms with Crippen molar-refractivity contribution in [1.82, 2.24) is 0 Å². The fourth-order valence-corrected chi connectivity index (χ4v) is 4.26. The Morgan fingerprint density at radius 3 is 2.50 bits per heavy atom. The largest absolute Gasteiger partial charge is 0.507 e. The van der Waals surface area contributed by atoms with Crippen LogP contribution in [0.15, 0.2) is 64.8 Å². The SMILES string of the molecule is COc1c(Cl)cc(C)cc1/C(O)=C1/C(=O)C(=O)N(c2cccc(C(F)(F)F)c2)C1c1ccco1. The molecule has 1 amide bonds. The molecule has 0 saturated carbocycles. The maximum absolute atomic E-state index is 13.3. The van der Waals surface area contributed by atoms with E-state index in [4.69, 9.17) is 20.8 Å². The van der Waals surface area contributed by atoms with Gasteiger partial charge < -0.3 is 14.3 Å². The number of halogens is 4. The predicted molar refractivity (Wildman–Crippen MR) is 118 cm³/mol. The Labute approximate surface area is 196 Å². The first-order chi connectivity index (χ1) is 16.0. The molecule has 0 aliphatic carbocycles. The van der Waals surface area contributed by atoms with Gasteiger partial charge in [-0.05, 0) is 55.0 Å². The number of anilines is 1. The molecule has 1 aliphatic heterocycles. The van der Waals surface area contributed by atoms with E-state index < -0.39 is 35.2 Å². The third-order valence-corrected chi connectivity index (χ3v) is 5.64. The molecule has 3 aromatic rings. The summed E-state index contributed by atoms with van der Waals surface area (Å²) in [5.74, 6) is -2.70. The molecule has 0 bridgehead atoms. The Morgan fingerprint density at radius 2 is 1.88 bits per heavy atom. The quantitative estimate of drug-likeness (QED) is 0.279. The number of aliphatic hydroxyl groups is 1. The van der Waals surface area contributed by atoms with Crippen molar-refractivity contribution in [3.63, 3.8) is 0 Å². The second-order valence-electron chi connectivity index (χ2n) is 7.56. The molecule has 34 heavy (non-hydrogen) atoms. The van der Waals surface area contributed by atoms with E-state index in [1.165, 1.54) is 37.6 Å². The lowest BCUT2D eigenvalue weighted by molar-refractivity contribution is -0.137. The number of carbonyl (C=O) groups excluding carboxylic acids is 2. The lowest BCUT2D eigenvalue weighted by Crippen LogP contribution is -2.29. The highest BCUT2D eigenvalue weighted by atomic mass is 35.5. The van der Waals surface area contributed by atoms with Crippen molar-refractivity contribution in [1.29, 1.82) is 0 Å². The van der Waals surface area contributed by atoms with E-state index in [-0.39, 0.29) is 33.4 Å². The summed E-state index contributed by atoms with van der Waals surface area (Å²) in [6, 6.07) is 8.70. The van der Waals surface area contributed by atoms with Crippen molar-refractivity contribution in [2.75, 3.05) is 12.0 Å². The number of rotatable bonds is 4.